The van der Waals surface area contributed by atoms with E-state index in [1.165, 1.54) is 96.3 Å². The summed E-state index contributed by atoms with van der Waals surface area (Å²) in [5, 5.41) is 20.5. The zero-order valence-electron chi connectivity index (χ0n) is 52.1. The number of aliphatic hydroxyl groups is 2. The topological polar surface area (TPSA) is 231 Å². The van der Waals surface area contributed by atoms with Crippen molar-refractivity contribution in [3.05, 3.63) is 60.8 Å². The fourth-order valence-electron chi connectivity index (χ4n) is 8.73. The van der Waals surface area contributed by atoms with Crippen molar-refractivity contribution >= 4 is 33.6 Å². The summed E-state index contributed by atoms with van der Waals surface area (Å²) in [6.07, 6.45) is 58.5. The molecule has 5 atom stereocenters. The molecule has 0 bridgehead atoms. The minimum Gasteiger partial charge on any atom is -0.463 e. The van der Waals surface area contributed by atoms with Crippen LogP contribution in [0.3, 0.4) is 0 Å². The average Bonchev–Trinajstić information content (AvgIpc) is 3.46. The summed E-state index contributed by atoms with van der Waals surface area (Å²) in [4.78, 5) is 58.2. The van der Waals surface area contributed by atoms with Crippen molar-refractivity contribution in [1.29, 1.82) is 0 Å². The standard InChI is InChI=1S/C65H118O16P2/c1-4-7-10-13-16-19-22-25-27-28-29-30-32-35-36-39-42-45-48-51-63(68)75-54-60(66)55-77-82(71,72)78-56-61(67)57-79-83(73,74)80-59-62(81-65(70)53-50-47-44-41-38-33-24-21-18-15-12-9-6-3)58-76-64(69)52-49-46-43-40-37-34-31-26-23-20-17-14-11-8-5-2/h7,10,16,19,21,24-25,27,29-30,60-62,66-67H,4-6,8-9,11-15,17-18,20,22-23,26,28,31-59H2,1-3H3,(H,71,72)(H,73,74)/b10-7-,19-16-,24-21-,27-25-,30-29-. The number of carbonyl (C=O) groups is 3. The van der Waals surface area contributed by atoms with Gasteiger partial charge in [0.05, 0.1) is 26.4 Å². The van der Waals surface area contributed by atoms with Gasteiger partial charge in [0, 0.05) is 19.3 Å². The van der Waals surface area contributed by atoms with E-state index in [-0.39, 0.29) is 19.3 Å². The molecule has 0 aliphatic rings. The lowest BCUT2D eigenvalue weighted by atomic mass is 10.0. The van der Waals surface area contributed by atoms with Gasteiger partial charge in [-0.25, -0.2) is 9.13 Å². The Bertz CT molecular complexity index is 1770. The van der Waals surface area contributed by atoms with Crippen molar-refractivity contribution in [1.82, 2.24) is 0 Å². The second kappa shape index (κ2) is 59.6. The highest BCUT2D eigenvalue weighted by Gasteiger charge is 2.29. The maximum absolute atomic E-state index is 12.9. The SMILES string of the molecule is CC/C=C\C/C=C\C/C=C\C/C=C\CCCCCCCCC(=O)OCC(O)COP(=O)(O)OCC(O)COP(=O)(O)OCC(COC(=O)CCCCCCCCCCCCCCCCC)OC(=O)CCCCCCC/C=C\CCCCCC. The average molecular weight is 1220 g/mol. The van der Waals surface area contributed by atoms with Crippen LogP contribution in [-0.2, 0) is 55.8 Å². The van der Waals surface area contributed by atoms with Gasteiger partial charge in [0.15, 0.2) is 6.10 Å². The number of allylic oxidation sites excluding steroid dienone is 10. The van der Waals surface area contributed by atoms with Crippen LogP contribution in [0.5, 0.6) is 0 Å². The lowest BCUT2D eigenvalue weighted by Crippen LogP contribution is -2.30. The normalized spacial score (nSPS) is 14.7. The van der Waals surface area contributed by atoms with Crippen LogP contribution in [0.25, 0.3) is 0 Å². The molecule has 16 nitrogen and oxygen atoms in total. The number of aliphatic hydroxyl groups excluding tert-OH is 2. The minimum atomic E-state index is -4.92. The Labute approximate surface area is 503 Å². The summed E-state index contributed by atoms with van der Waals surface area (Å²) in [7, 11) is -9.76. The second-order valence-electron chi connectivity index (χ2n) is 21.9. The largest absolute Gasteiger partial charge is 0.472 e. The highest BCUT2D eigenvalue weighted by molar-refractivity contribution is 7.47. The van der Waals surface area contributed by atoms with Gasteiger partial charge < -0.3 is 34.2 Å². The third kappa shape index (κ3) is 60.7. The van der Waals surface area contributed by atoms with E-state index in [1.54, 1.807) is 0 Å². The first kappa shape index (κ1) is 80.2. The smallest absolute Gasteiger partial charge is 0.463 e. The van der Waals surface area contributed by atoms with Crippen molar-refractivity contribution in [2.45, 2.75) is 296 Å². The van der Waals surface area contributed by atoms with Crippen LogP contribution < -0.4 is 0 Å². The number of phosphoric acid groups is 2. The molecule has 0 saturated heterocycles. The molecule has 0 aliphatic carbocycles. The van der Waals surface area contributed by atoms with E-state index in [4.69, 9.17) is 32.3 Å². The molecule has 0 amide bonds. The van der Waals surface area contributed by atoms with Crippen LogP contribution >= 0.6 is 15.6 Å². The zero-order chi connectivity index (χ0) is 61.0. The fourth-order valence-corrected chi connectivity index (χ4v) is 10.3. The van der Waals surface area contributed by atoms with Crippen LogP contribution in [0.2, 0.25) is 0 Å². The summed E-state index contributed by atoms with van der Waals surface area (Å²) in [6.45, 7) is 2.53. The van der Waals surface area contributed by atoms with E-state index >= 15 is 0 Å². The molecule has 83 heavy (non-hydrogen) atoms. The Balaban J connectivity index is 4.63. The van der Waals surface area contributed by atoms with Crippen LogP contribution in [0.15, 0.2) is 60.8 Å². The molecule has 484 valence electrons. The van der Waals surface area contributed by atoms with Gasteiger partial charge in [0.2, 0.25) is 0 Å². The van der Waals surface area contributed by atoms with Gasteiger partial charge in [-0.3, -0.25) is 32.5 Å². The van der Waals surface area contributed by atoms with Crippen LogP contribution in [0.4, 0.5) is 0 Å². The molecular weight excluding hydrogens is 1100 g/mol. The molecule has 18 heteroatoms. The zero-order valence-corrected chi connectivity index (χ0v) is 53.9. The maximum atomic E-state index is 12.9. The molecule has 0 rings (SSSR count). The van der Waals surface area contributed by atoms with E-state index in [2.05, 4.69) is 81.5 Å². The first-order chi connectivity index (χ1) is 40.2. The Hall–Kier alpha value is -2.75. The Morgan fingerprint density at radius 1 is 0.349 bits per heavy atom. The number of ether oxygens (including phenoxy) is 3. The summed E-state index contributed by atoms with van der Waals surface area (Å²) in [5.74, 6) is -1.58. The number of unbranched alkanes of at least 4 members (excludes halogenated alkanes) is 29. The minimum absolute atomic E-state index is 0.0986. The van der Waals surface area contributed by atoms with E-state index in [0.29, 0.717) is 19.3 Å². The summed E-state index contributed by atoms with van der Waals surface area (Å²) in [6, 6.07) is 0. The van der Waals surface area contributed by atoms with Crippen LogP contribution in [0, 0.1) is 0 Å². The van der Waals surface area contributed by atoms with E-state index < -0.39 is 91.5 Å². The Morgan fingerprint density at radius 3 is 1.04 bits per heavy atom. The molecule has 0 heterocycles. The second-order valence-corrected chi connectivity index (χ2v) is 24.8. The molecule has 5 unspecified atom stereocenters. The van der Waals surface area contributed by atoms with Crippen molar-refractivity contribution in [2.24, 2.45) is 0 Å². The monoisotopic (exact) mass is 1220 g/mol. The molecule has 0 radical (unpaired) electrons. The first-order valence-electron chi connectivity index (χ1n) is 32.6. The lowest BCUT2D eigenvalue weighted by molar-refractivity contribution is -0.161. The molecule has 0 spiro atoms. The molecule has 4 N–H and O–H groups in total. The molecule has 0 aromatic carbocycles. The lowest BCUT2D eigenvalue weighted by Gasteiger charge is -2.21. The van der Waals surface area contributed by atoms with Gasteiger partial charge in [0.25, 0.3) is 0 Å². The molecule has 0 fully saturated rings. The molecule has 0 saturated carbocycles. The number of hydrogen-bond donors (Lipinski definition) is 4. The number of rotatable bonds is 62. The van der Waals surface area contributed by atoms with E-state index in [9.17, 15) is 43.5 Å². The van der Waals surface area contributed by atoms with Gasteiger partial charge in [-0.2, -0.15) is 0 Å². The fraction of sp³-hybridized carbons (Fsp3) is 0.800. The third-order valence-corrected chi connectivity index (χ3v) is 15.6. The maximum Gasteiger partial charge on any atom is 0.472 e. The van der Waals surface area contributed by atoms with E-state index in [1.807, 2.05) is 0 Å². The quantitative estimate of drug-likeness (QED) is 0.0146. The Morgan fingerprint density at radius 2 is 0.639 bits per heavy atom. The summed E-state index contributed by atoms with van der Waals surface area (Å²) < 4.78 is 60.7. The summed E-state index contributed by atoms with van der Waals surface area (Å²) >= 11 is 0. The summed E-state index contributed by atoms with van der Waals surface area (Å²) in [5.41, 5.74) is 0. The number of esters is 3. The first-order valence-corrected chi connectivity index (χ1v) is 35.6. The molecular formula is C65H118O16P2. The highest BCUT2D eigenvalue weighted by atomic mass is 31.2. The molecule has 0 aliphatic heterocycles. The van der Waals surface area contributed by atoms with Gasteiger partial charge in [-0.1, -0.05) is 236 Å². The van der Waals surface area contributed by atoms with Crippen molar-refractivity contribution < 1.29 is 75.8 Å². The third-order valence-electron chi connectivity index (χ3n) is 13.7. The van der Waals surface area contributed by atoms with Crippen LogP contribution in [0.1, 0.15) is 278 Å². The number of hydrogen-bond acceptors (Lipinski definition) is 14. The highest BCUT2D eigenvalue weighted by Crippen LogP contribution is 2.45. The predicted molar refractivity (Wildman–Crippen MR) is 335 cm³/mol. The van der Waals surface area contributed by atoms with Crippen molar-refractivity contribution in [3.63, 3.8) is 0 Å². The van der Waals surface area contributed by atoms with Gasteiger partial charge in [-0.15, -0.1) is 0 Å². The van der Waals surface area contributed by atoms with Crippen molar-refractivity contribution in [3.8, 4) is 0 Å². The predicted octanol–water partition coefficient (Wildman–Crippen LogP) is 17.4. The number of carbonyl (C=O) groups excluding carboxylic acids is 3. The number of phosphoric ester groups is 2. The molecule has 0 aromatic rings. The van der Waals surface area contributed by atoms with E-state index in [0.717, 1.165) is 122 Å². The molecule has 0 aromatic heterocycles. The van der Waals surface area contributed by atoms with Crippen LogP contribution in [-0.4, -0.2) is 95.9 Å². The van der Waals surface area contributed by atoms with Gasteiger partial charge in [-0.05, 0) is 83.5 Å². The van der Waals surface area contributed by atoms with Gasteiger partial charge in [0.1, 0.15) is 25.4 Å². The Kier molecular flexibility index (Phi) is 57.6. The van der Waals surface area contributed by atoms with Gasteiger partial charge >= 0.3 is 33.6 Å². The van der Waals surface area contributed by atoms with Crippen molar-refractivity contribution in [2.75, 3.05) is 39.6 Å².